The summed E-state index contributed by atoms with van der Waals surface area (Å²) in [6.07, 6.45) is 4.96. The molecule has 0 radical (unpaired) electrons. The van der Waals surface area contributed by atoms with Gasteiger partial charge in [0.1, 0.15) is 5.69 Å². The normalized spacial score (nSPS) is 12.5. The quantitative estimate of drug-likeness (QED) is 0.643. The molecule has 7 nitrogen and oxygen atoms in total. The van der Waals surface area contributed by atoms with Crippen molar-refractivity contribution < 1.29 is 9.59 Å². The Bertz CT molecular complexity index is 781. The van der Waals surface area contributed by atoms with Crippen LogP contribution < -0.4 is 16.4 Å². The standard InChI is InChI=1S/C17H19Cl2N5O2.ClH/c1-3-9(2)14(20)17(26)23-10-6-11(18)15(12(19)7-10)24-16(25)13-8-21-4-5-22-13;/h4-9,14H,3,20H2,1-2H3,(H,23,26)(H,24,25);1H. The minimum Gasteiger partial charge on any atom is -0.325 e. The fourth-order valence-corrected chi connectivity index (χ4v) is 2.68. The molecule has 4 N–H and O–H groups in total. The second kappa shape index (κ2) is 10.4. The lowest BCUT2D eigenvalue weighted by Crippen LogP contribution is -2.40. The lowest BCUT2D eigenvalue weighted by atomic mass is 9.99. The van der Waals surface area contributed by atoms with E-state index < -0.39 is 11.9 Å². The molecule has 2 unspecified atom stereocenters. The monoisotopic (exact) mass is 431 g/mol. The van der Waals surface area contributed by atoms with Crippen LogP contribution >= 0.6 is 35.6 Å². The molecule has 2 rings (SSSR count). The van der Waals surface area contributed by atoms with Gasteiger partial charge >= 0.3 is 0 Å². The molecule has 1 aromatic carbocycles. The van der Waals surface area contributed by atoms with E-state index in [0.29, 0.717) is 5.69 Å². The van der Waals surface area contributed by atoms with Crippen LogP contribution in [0.3, 0.4) is 0 Å². The Hall–Kier alpha value is -1.93. The highest BCUT2D eigenvalue weighted by Gasteiger charge is 2.20. The number of carbonyl (C=O) groups excluding carboxylic acids is 2. The molecular formula is C17H20Cl3N5O2. The molecule has 0 aliphatic rings. The number of aromatic nitrogens is 2. The van der Waals surface area contributed by atoms with Gasteiger partial charge in [-0.25, -0.2) is 4.98 Å². The number of nitrogens with zero attached hydrogens (tertiary/aromatic N) is 2. The van der Waals surface area contributed by atoms with E-state index in [1.807, 2.05) is 13.8 Å². The number of carbonyl (C=O) groups is 2. The van der Waals surface area contributed by atoms with Gasteiger partial charge in [0.25, 0.3) is 5.91 Å². The van der Waals surface area contributed by atoms with E-state index in [1.54, 1.807) is 0 Å². The van der Waals surface area contributed by atoms with Crippen LogP contribution in [-0.2, 0) is 4.79 Å². The Morgan fingerprint density at radius 1 is 1.19 bits per heavy atom. The van der Waals surface area contributed by atoms with E-state index in [1.165, 1.54) is 30.7 Å². The summed E-state index contributed by atoms with van der Waals surface area (Å²) in [6.45, 7) is 3.86. The van der Waals surface area contributed by atoms with Crippen molar-refractivity contribution in [3.05, 3.63) is 46.5 Å². The number of anilines is 2. The van der Waals surface area contributed by atoms with Crippen LogP contribution in [0.4, 0.5) is 11.4 Å². The maximum Gasteiger partial charge on any atom is 0.275 e. The lowest BCUT2D eigenvalue weighted by molar-refractivity contribution is -0.118. The number of benzene rings is 1. The number of nitrogens with two attached hydrogens (primary N) is 1. The molecule has 27 heavy (non-hydrogen) atoms. The van der Waals surface area contributed by atoms with Crippen molar-refractivity contribution in [2.75, 3.05) is 10.6 Å². The molecule has 0 aliphatic carbocycles. The molecule has 0 saturated heterocycles. The van der Waals surface area contributed by atoms with E-state index in [2.05, 4.69) is 20.6 Å². The van der Waals surface area contributed by atoms with Gasteiger partial charge in [0.05, 0.1) is 28.0 Å². The van der Waals surface area contributed by atoms with Crippen molar-refractivity contribution in [1.29, 1.82) is 0 Å². The zero-order valence-corrected chi connectivity index (χ0v) is 17.0. The highest BCUT2D eigenvalue weighted by atomic mass is 35.5. The summed E-state index contributed by atoms with van der Waals surface area (Å²) in [5.41, 5.74) is 6.64. The van der Waals surface area contributed by atoms with Crippen LogP contribution in [0.25, 0.3) is 0 Å². The highest BCUT2D eigenvalue weighted by molar-refractivity contribution is 6.40. The zero-order valence-electron chi connectivity index (χ0n) is 14.7. The second-order valence-electron chi connectivity index (χ2n) is 5.76. The third-order valence-corrected chi connectivity index (χ3v) is 4.50. The number of hydrogen-bond donors (Lipinski definition) is 3. The van der Waals surface area contributed by atoms with Gasteiger partial charge in [-0.15, -0.1) is 12.4 Å². The van der Waals surface area contributed by atoms with Crippen LogP contribution in [0.15, 0.2) is 30.7 Å². The molecule has 0 saturated carbocycles. The lowest BCUT2D eigenvalue weighted by Gasteiger charge is -2.18. The van der Waals surface area contributed by atoms with Gasteiger partial charge in [-0.3, -0.25) is 14.6 Å². The van der Waals surface area contributed by atoms with Gasteiger partial charge in [0.2, 0.25) is 5.91 Å². The van der Waals surface area contributed by atoms with Gasteiger partial charge in [0.15, 0.2) is 0 Å². The summed E-state index contributed by atoms with van der Waals surface area (Å²) in [4.78, 5) is 32.1. The molecule has 146 valence electrons. The molecule has 0 spiro atoms. The fraction of sp³-hybridized carbons (Fsp3) is 0.294. The number of nitrogens with one attached hydrogen (secondary N) is 2. The van der Waals surface area contributed by atoms with Crippen molar-refractivity contribution in [1.82, 2.24) is 9.97 Å². The number of halogens is 3. The topological polar surface area (TPSA) is 110 Å². The first-order valence-electron chi connectivity index (χ1n) is 7.96. The fourth-order valence-electron chi connectivity index (χ4n) is 2.10. The van der Waals surface area contributed by atoms with E-state index in [0.717, 1.165) is 6.42 Å². The van der Waals surface area contributed by atoms with Gasteiger partial charge in [-0.2, -0.15) is 0 Å². The first-order chi connectivity index (χ1) is 12.3. The largest absolute Gasteiger partial charge is 0.325 e. The summed E-state index contributed by atoms with van der Waals surface area (Å²) >= 11 is 12.4. The maximum atomic E-state index is 12.2. The van der Waals surface area contributed by atoms with Crippen molar-refractivity contribution in [3.8, 4) is 0 Å². The Balaban J connectivity index is 0.00000364. The Kier molecular flexibility index (Phi) is 8.92. The SMILES string of the molecule is CCC(C)C(N)C(=O)Nc1cc(Cl)c(NC(=O)c2cnccn2)c(Cl)c1.Cl. The number of hydrogen-bond acceptors (Lipinski definition) is 5. The van der Waals surface area contributed by atoms with Crippen molar-refractivity contribution >= 4 is 58.8 Å². The molecule has 1 heterocycles. The van der Waals surface area contributed by atoms with E-state index in [4.69, 9.17) is 28.9 Å². The molecule has 10 heteroatoms. The molecular weight excluding hydrogens is 413 g/mol. The first-order valence-corrected chi connectivity index (χ1v) is 8.72. The van der Waals surface area contributed by atoms with E-state index in [-0.39, 0.29) is 45.7 Å². The third kappa shape index (κ3) is 6.04. The average molecular weight is 433 g/mol. The molecule has 2 aromatic rings. The number of rotatable bonds is 6. The third-order valence-electron chi connectivity index (χ3n) is 3.90. The molecule has 0 bridgehead atoms. The molecule has 0 fully saturated rings. The Morgan fingerprint density at radius 3 is 2.33 bits per heavy atom. The van der Waals surface area contributed by atoms with Crippen LogP contribution in [0.2, 0.25) is 10.0 Å². The smallest absolute Gasteiger partial charge is 0.275 e. The van der Waals surface area contributed by atoms with Crippen LogP contribution in [0.1, 0.15) is 30.8 Å². The minimum atomic E-state index is -0.645. The summed E-state index contributed by atoms with van der Waals surface area (Å²) in [6, 6.07) is 2.33. The predicted octanol–water partition coefficient (Wildman–Crippen LogP) is 3.77. The van der Waals surface area contributed by atoms with Crippen molar-refractivity contribution in [2.45, 2.75) is 26.3 Å². The summed E-state index contributed by atoms with van der Waals surface area (Å²) < 4.78 is 0. The van der Waals surface area contributed by atoms with E-state index in [9.17, 15) is 9.59 Å². The van der Waals surface area contributed by atoms with Crippen molar-refractivity contribution in [2.24, 2.45) is 11.7 Å². The van der Waals surface area contributed by atoms with Gasteiger partial charge in [-0.05, 0) is 18.1 Å². The molecule has 2 atom stereocenters. The van der Waals surface area contributed by atoms with Gasteiger partial charge < -0.3 is 16.4 Å². The average Bonchev–Trinajstić information content (AvgIpc) is 2.63. The molecule has 0 aliphatic heterocycles. The van der Waals surface area contributed by atoms with Gasteiger partial charge in [-0.1, -0.05) is 43.5 Å². The summed E-state index contributed by atoms with van der Waals surface area (Å²) in [7, 11) is 0. The number of amides is 2. The molecule has 1 aromatic heterocycles. The van der Waals surface area contributed by atoms with Crippen molar-refractivity contribution in [3.63, 3.8) is 0 Å². The maximum absolute atomic E-state index is 12.2. The summed E-state index contributed by atoms with van der Waals surface area (Å²) in [5.74, 6) is -0.799. The van der Waals surface area contributed by atoms with Gasteiger partial charge in [0, 0.05) is 18.1 Å². The Labute approximate surface area is 173 Å². The van der Waals surface area contributed by atoms with E-state index >= 15 is 0 Å². The zero-order chi connectivity index (χ0) is 19.3. The Morgan fingerprint density at radius 2 is 1.81 bits per heavy atom. The summed E-state index contributed by atoms with van der Waals surface area (Å²) in [5, 5.41) is 5.60. The second-order valence-corrected chi connectivity index (χ2v) is 6.57. The molecule has 2 amide bonds. The predicted molar refractivity (Wildman–Crippen MR) is 110 cm³/mol. The highest BCUT2D eigenvalue weighted by Crippen LogP contribution is 2.34. The minimum absolute atomic E-state index is 0. The van der Waals surface area contributed by atoms with Crippen LogP contribution in [0.5, 0.6) is 0 Å². The first kappa shape index (κ1) is 23.1. The van der Waals surface area contributed by atoms with Crippen LogP contribution in [0, 0.1) is 5.92 Å². The van der Waals surface area contributed by atoms with Crippen LogP contribution in [-0.4, -0.2) is 27.8 Å².